The molecule has 10 fully saturated rings. The van der Waals surface area contributed by atoms with Crippen molar-refractivity contribution in [2.75, 3.05) is 134 Å². The fourth-order valence-electron chi connectivity index (χ4n) is 25.5. The Balaban J connectivity index is 0.420. The van der Waals surface area contributed by atoms with Crippen LogP contribution in [0, 0.1) is 51.8 Å². The van der Waals surface area contributed by atoms with E-state index < -0.39 is 82.9 Å². The number of phenolic OH excluding ortho intramolecular Hbond substituents is 2. The number of urea groups is 1. The van der Waals surface area contributed by atoms with Crippen molar-refractivity contribution in [3.8, 4) is 63.9 Å². The molecule has 0 bridgehead atoms. The number of rotatable bonds is 26. The molecule has 12 aliphatic rings. The van der Waals surface area contributed by atoms with Crippen LogP contribution in [0.5, 0.6) is 17.2 Å². The van der Waals surface area contributed by atoms with Crippen LogP contribution < -0.4 is 41.1 Å². The smallest absolute Gasteiger partial charge is 0.318 e. The van der Waals surface area contributed by atoms with Crippen molar-refractivity contribution in [1.29, 1.82) is 0 Å². The minimum absolute atomic E-state index is 0.0220. The number of hydrogen-bond acceptors (Lipinski definition) is 25. The van der Waals surface area contributed by atoms with Gasteiger partial charge in [-0.2, -0.15) is 0 Å². The molecule has 0 unspecified atom stereocenters. The number of para-hydroxylation sites is 2. The van der Waals surface area contributed by atoms with Crippen molar-refractivity contribution in [2.24, 2.45) is 27.6 Å². The number of carbonyl (C=O) groups excluding carboxylic acids is 6. The number of hydrogen-bond donors (Lipinski definition) is 10. The van der Waals surface area contributed by atoms with E-state index in [4.69, 9.17) is 25.9 Å². The largest absolute Gasteiger partial charge is 0.507 e. The summed E-state index contributed by atoms with van der Waals surface area (Å²) in [6.45, 7) is 26.1. The van der Waals surface area contributed by atoms with Crippen LogP contribution in [0.25, 0.3) is 33.5 Å². The molecule has 9 atom stereocenters. The summed E-state index contributed by atoms with van der Waals surface area (Å²) in [7, 11) is 1.62. The number of anilines is 3. The van der Waals surface area contributed by atoms with Crippen molar-refractivity contribution in [2.45, 2.75) is 249 Å². The molecule has 3 aliphatic carbocycles. The number of methoxy groups -OCH3 is 1. The molecule has 4 aromatic carbocycles. The molecule has 756 valence electrons. The lowest BCUT2D eigenvalue weighted by Gasteiger charge is -2.61. The summed E-state index contributed by atoms with van der Waals surface area (Å²) in [5, 5.41) is 78.7. The lowest BCUT2D eigenvalue weighted by atomic mass is 9.49. The fourth-order valence-corrected chi connectivity index (χ4v) is 25.5. The highest BCUT2D eigenvalue weighted by atomic mass is 16.5. The first-order valence-corrected chi connectivity index (χ1v) is 52.0. The number of benzene rings is 4. The second-order valence-corrected chi connectivity index (χ2v) is 44.8. The van der Waals surface area contributed by atoms with Crippen molar-refractivity contribution in [3.05, 3.63) is 155 Å². The first-order valence-electron chi connectivity index (χ1n) is 52.0. The minimum Gasteiger partial charge on any atom is -0.507 e. The van der Waals surface area contributed by atoms with Crippen LogP contribution in [0.1, 0.15) is 208 Å². The molecule has 33 nitrogen and oxygen atoms in total. The van der Waals surface area contributed by atoms with E-state index in [-0.39, 0.29) is 79.1 Å². The first kappa shape index (κ1) is 98.3. The molecule has 20 rings (SSSR count). The quantitative estimate of drug-likeness (QED) is 0.0178. The van der Waals surface area contributed by atoms with E-state index in [0.717, 1.165) is 169 Å². The zero-order chi connectivity index (χ0) is 99.5. The van der Waals surface area contributed by atoms with Crippen LogP contribution in [0.4, 0.5) is 22.2 Å². The Labute approximate surface area is 837 Å². The molecule has 33 heteroatoms. The van der Waals surface area contributed by atoms with Gasteiger partial charge in [-0.05, 0) is 219 Å². The summed E-state index contributed by atoms with van der Waals surface area (Å²) in [4.78, 5) is 122. The van der Waals surface area contributed by atoms with Gasteiger partial charge in [0, 0.05) is 209 Å². The highest BCUT2D eigenvalue weighted by Gasteiger charge is 2.59. The molecule has 4 aromatic heterocycles. The standard InChI is InChI=1S/C110H139N21O12/c1-10-69-22-27-73(94(47-69)143-46-16-45-142-9)58-112-101(137)90-48-81(132)63-130(90)104(140)97(118-106(141)127-65-110(66-127)56-79(57-110)124-36-28-72(29-37-124)75-59-113-105(114-60-75)128-42-34-86-95(68(128)3)85-50-87(119-121-98(85)116-86)83-18-11-13-20-92(83)134)108(7,8)35-15-17-70-23-25-71(26-24-70)67(2)115-102(138)91-49-82(133)64-131(91)103(139)96(107(4,5)6)117-100(136)74-52-109(53-74)54-78(55-109)125-40-30-76(31-41-125)123-38-32-77(33-39-123)126-43-44-129-80(62-126)61-111-99-89(129)51-88(120-122-99)84-19-12-14-21-93(84)135/h1,11-14,18-27,47,50-51,59-60,67-68,72,74,76-82,90-91,96-97,132-135H,16,28-46,48-49,52-58,61-66H2,2-9H3,(H,111,122)(H,112,137)(H,115,138)(H,116,121)(H,117,136)(H,118,141)/t67-,68-,74-,78-,80-,81+,82+,90-,91-,96+,97+,109?/m0/s1. The van der Waals surface area contributed by atoms with E-state index in [1.165, 1.54) is 35.5 Å². The normalized spacial score (nSPS) is 25.1. The van der Waals surface area contributed by atoms with E-state index in [1.54, 1.807) is 48.4 Å². The zero-order valence-electron chi connectivity index (χ0n) is 83.7. The molecule has 143 heavy (non-hydrogen) atoms. The van der Waals surface area contributed by atoms with E-state index >= 15 is 4.79 Å². The molecule has 0 radical (unpaired) electrons. The molecule has 2 spiro atoms. The number of aromatic nitrogens is 7. The van der Waals surface area contributed by atoms with Gasteiger partial charge in [0.1, 0.15) is 41.4 Å². The number of fused-ring (bicyclic) bond motifs is 6. The maximum atomic E-state index is 15.5. The molecule has 7 amide bonds. The Hall–Kier alpha value is -12.1. The Morgan fingerprint density at radius 3 is 1.85 bits per heavy atom. The molecule has 7 saturated heterocycles. The maximum Gasteiger partial charge on any atom is 0.318 e. The highest BCUT2D eigenvalue weighted by molar-refractivity contribution is 5.95. The minimum atomic E-state index is -1.19. The third-order valence-corrected chi connectivity index (χ3v) is 33.8. The number of phenols is 2. The number of nitrogens with one attached hydrogen (secondary N) is 6. The topological polar surface area (TPSA) is 384 Å². The number of nitrogens with zero attached hydrogens (tertiary/aromatic N) is 15. The number of aromatic hydroxyl groups is 2. The number of ether oxygens (including phenoxy) is 2. The van der Waals surface area contributed by atoms with Gasteiger partial charge in [-0.3, -0.25) is 28.9 Å². The third-order valence-electron chi connectivity index (χ3n) is 33.8. The predicted octanol–water partition coefficient (Wildman–Crippen LogP) is 10.0. The van der Waals surface area contributed by atoms with Gasteiger partial charge < -0.3 is 101 Å². The Morgan fingerprint density at radius 1 is 0.608 bits per heavy atom. The van der Waals surface area contributed by atoms with Crippen LogP contribution in [0.15, 0.2) is 116 Å². The van der Waals surface area contributed by atoms with E-state index in [1.807, 2.05) is 115 Å². The summed E-state index contributed by atoms with van der Waals surface area (Å²) < 4.78 is 11.3. The van der Waals surface area contributed by atoms with Crippen LogP contribution in [0.3, 0.4) is 0 Å². The number of likely N-dealkylation sites (tertiary alicyclic amines) is 6. The van der Waals surface area contributed by atoms with Crippen LogP contribution in [-0.2, 0) is 41.7 Å². The number of amides is 7. The van der Waals surface area contributed by atoms with E-state index in [0.29, 0.717) is 125 Å². The summed E-state index contributed by atoms with van der Waals surface area (Å²) in [6.07, 6.45) is 21.7. The zero-order valence-corrected chi connectivity index (χ0v) is 83.7. The summed E-state index contributed by atoms with van der Waals surface area (Å²) in [5.41, 5.74) is 8.79. The highest BCUT2D eigenvalue weighted by Crippen LogP contribution is 2.61. The molecule has 13 heterocycles. The Bertz CT molecular complexity index is 6120. The summed E-state index contributed by atoms with van der Waals surface area (Å²) in [6, 6.07) is 28.6. The number of piperazine rings is 1. The number of piperidine rings is 3. The second kappa shape index (κ2) is 40.8. The average Bonchev–Trinajstić information content (AvgIpc) is 1.40. The second-order valence-electron chi connectivity index (χ2n) is 44.8. The number of β-amino-alcohol motifs (C(OH)–C–C–N with tert-alkyl or cyclic N) is 2. The molecular formula is C110H139N21O12. The Morgan fingerprint density at radius 2 is 1.21 bits per heavy atom. The van der Waals surface area contributed by atoms with Crippen molar-refractivity contribution < 1.29 is 58.7 Å². The van der Waals surface area contributed by atoms with Crippen molar-refractivity contribution in [3.63, 3.8) is 0 Å². The van der Waals surface area contributed by atoms with Crippen LogP contribution >= 0.6 is 0 Å². The van der Waals surface area contributed by atoms with Gasteiger partial charge in [-0.15, -0.1) is 26.8 Å². The van der Waals surface area contributed by atoms with Crippen LogP contribution in [-0.4, -0.2) is 311 Å². The van der Waals surface area contributed by atoms with E-state index in [2.05, 4.69) is 112 Å². The number of H-pyrrole nitrogens is 1. The number of aliphatic hydroxyl groups excluding tert-OH is 2. The monoisotopic (exact) mass is 1950 g/mol. The van der Waals surface area contributed by atoms with E-state index in [9.17, 15) is 44.4 Å². The lowest BCUT2D eigenvalue weighted by Crippen LogP contribution is -2.70. The molecule has 8 aromatic rings. The first-order chi connectivity index (χ1) is 68.9. The maximum absolute atomic E-state index is 15.5. The van der Waals surface area contributed by atoms with Gasteiger partial charge in [-0.25, -0.2) is 14.8 Å². The van der Waals surface area contributed by atoms with Gasteiger partial charge in [0.15, 0.2) is 11.5 Å². The number of aliphatic hydroxyl groups is 2. The molecule has 9 aliphatic heterocycles. The molecular weight excluding hydrogens is 1810 g/mol. The lowest BCUT2D eigenvalue weighted by molar-refractivity contribution is -0.150. The summed E-state index contributed by atoms with van der Waals surface area (Å²) in [5.74, 6) is 9.75. The number of aromatic amines is 1. The molecule has 10 N–H and O–H groups in total. The van der Waals surface area contributed by atoms with Gasteiger partial charge in [0.05, 0.1) is 54.0 Å². The van der Waals surface area contributed by atoms with Gasteiger partial charge in [-0.1, -0.05) is 94.8 Å². The third kappa shape index (κ3) is 20.5. The van der Waals surface area contributed by atoms with Gasteiger partial charge in [0.25, 0.3) is 0 Å². The number of carbonyl (C=O) groups is 6. The molecule has 3 saturated carbocycles. The average molecular weight is 1950 g/mol. The van der Waals surface area contributed by atoms with Crippen molar-refractivity contribution >= 4 is 64.1 Å². The van der Waals surface area contributed by atoms with Gasteiger partial charge >= 0.3 is 6.03 Å². The summed E-state index contributed by atoms with van der Waals surface area (Å²) >= 11 is 0. The Kier molecular flexibility index (Phi) is 28.1. The van der Waals surface area contributed by atoms with Crippen molar-refractivity contribution in [1.82, 2.24) is 90.9 Å². The number of terminal acetylenes is 1. The van der Waals surface area contributed by atoms with Gasteiger partial charge in [0.2, 0.25) is 35.5 Å². The van der Waals surface area contributed by atoms with Crippen LogP contribution in [0.2, 0.25) is 0 Å². The fraction of sp³-hybridized carbons (Fsp3) is 0.564. The predicted molar refractivity (Wildman–Crippen MR) is 543 cm³/mol. The SMILES string of the molecule is C#Cc1ccc(CNC(=O)[C@@H]2C[C@@H](O)CN2C(=O)[C@@H](NC(=O)N2CC3(CC(N4CCC(c5cnc(N6CCc7[nH]c8nnc(-c9ccccc9O)cc8c7[C@@H]6C)nc5)CC4)C3)C2)C(C)(C)CC#Cc2ccc([C@H](C)NC(=O)[C@@H]3C[C@@H](O)CN3C(=O)[C@@H](NC(=O)[C@H]3CC4(C3)C[C@H](N3CCC(N5CCC(N6CCN7c8cc(-c9ccccc9O)nnc8NC[C@H]7C6)CC5)CC3)C4)C(C)(C)C)cc2)c(OCCCOC)c1.